The zero-order valence-electron chi connectivity index (χ0n) is 9.20. The highest BCUT2D eigenvalue weighted by Gasteiger charge is 2.08. The van der Waals surface area contributed by atoms with Crippen LogP contribution in [0.1, 0.15) is 5.56 Å². The van der Waals surface area contributed by atoms with Crippen LogP contribution in [0.2, 0.25) is 0 Å². The lowest BCUT2D eigenvalue weighted by Crippen LogP contribution is -1.93. The molecule has 0 bridgehead atoms. The predicted molar refractivity (Wildman–Crippen MR) is 68.7 cm³/mol. The van der Waals surface area contributed by atoms with Crippen molar-refractivity contribution >= 4 is 15.9 Å². The second-order valence-corrected chi connectivity index (χ2v) is 4.27. The van der Waals surface area contributed by atoms with Crippen molar-refractivity contribution in [2.75, 3.05) is 7.11 Å². The Labute approximate surface area is 103 Å². The molecular weight excluding hydrogens is 266 g/mol. The van der Waals surface area contributed by atoms with Gasteiger partial charge >= 0.3 is 0 Å². The molecular formula is C13H12BrNO. The number of hydrogen-bond acceptors (Lipinski definition) is 2. The van der Waals surface area contributed by atoms with Crippen LogP contribution in [0.5, 0.6) is 5.88 Å². The molecule has 1 aromatic carbocycles. The summed E-state index contributed by atoms with van der Waals surface area (Å²) in [7, 11) is 1.63. The number of methoxy groups -OCH3 is 1. The minimum atomic E-state index is 0.659. The summed E-state index contributed by atoms with van der Waals surface area (Å²) in [5.74, 6) is 0.659. The lowest BCUT2D eigenvalue weighted by Gasteiger charge is -2.09. The number of pyridine rings is 1. The molecule has 2 nitrogen and oxygen atoms in total. The van der Waals surface area contributed by atoms with E-state index >= 15 is 0 Å². The van der Waals surface area contributed by atoms with Crippen LogP contribution in [0.15, 0.2) is 41.0 Å². The summed E-state index contributed by atoms with van der Waals surface area (Å²) in [4.78, 5) is 4.36. The summed E-state index contributed by atoms with van der Waals surface area (Å²) in [6.07, 6.45) is 0. The molecule has 0 saturated carbocycles. The van der Waals surface area contributed by atoms with Crippen molar-refractivity contribution in [3.63, 3.8) is 0 Å². The zero-order chi connectivity index (χ0) is 11.5. The number of rotatable bonds is 2. The molecule has 0 radical (unpaired) electrons. The summed E-state index contributed by atoms with van der Waals surface area (Å²) in [5, 5.41) is 0. The fraction of sp³-hybridized carbons (Fsp3) is 0.154. The first-order valence-corrected chi connectivity index (χ1v) is 5.78. The fourth-order valence-electron chi connectivity index (χ4n) is 1.60. The molecule has 0 aliphatic rings. The molecule has 0 amide bonds. The van der Waals surface area contributed by atoms with Crippen LogP contribution in [-0.2, 0) is 0 Å². The highest BCUT2D eigenvalue weighted by atomic mass is 79.9. The van der Waals surface area contributed by atoms with Crippen molar-refractivity contribution < 1.29 is 4.74 Å². The number of ether oxygens (including phenoxy) is 1. The van der Waals surface area contributed by atoms with Crippen molar-refractivity contribution in [3.05, 3.63) is 46.6 Å². The summed E-state index contributed by atoms with van der Waals surface area (Å²) in [6, 6.07) is 12.2. The number of nitrogens with zero attached hydrogens (tertiary/aromatic N) is 1. The number of hydrogen-bond donors (Lipinski definition) is 0. The number of benzene rings is 1. The monoisotopic (exact) mass is 277 g/mol. The van der Waals surface area contributed by atoms with Gasteiger partial charge in [-0.2, -0.15) is 0 Å². The smallest absolute Gasteiger partial charge is 0.217 e. The van der Waals surface area contributed by atoms with Gasteiger partial charge in [0.25, 0.3) is 0 Å². The average Bonchev–Trinajstić information content (AvgIpc) is 2.32. The highest BCUT2D eigenvalue weighted by molar-refractivity contribution is 9.10. The van der Waals surface area contributed by atoms with E-state index in [1.807, 2.05) is 25.1 Å². The third-order valence-electron chi connectivity index (χ3n) is 2.40. The molecule has 0 saturated heterocycles. The molecule has 0 unspecified atom stereocenters. The first-order chi connectivity index (χ1) is 7.72. The van der Waals surface area contributed by atoms with Gasteiger partial charge in [-0.1, -0.05) is 30.3 Å². The Hall–Kier alpha value is -1.35. The molecule has 1 aromatic heterocycles. The minimum Gasteiger partial charge on any atom is -0.481 e. The minimum absolute atomic E-state index is 0.659. The molecule has 0 aliphatic carbocycles. The summed E-state index contributed by atoms with van der Waals surface area (Å²) in [5.41, 5.74) is 3.26. The third-order valence-corrected chi connectivity index (χ3v) is 3.00. The quantitative estimate of drug-likeness (QED) is 0.779. The van der Waals surface area contributed by atoms with Crippen molar-refractivity contribution in [2.45, 2.75) is 6.92 Å². The first-order valence-electron chi connectivity index (χ1n) is 4.99. The van der Waals surface area contributed by atoms with E-state index in [0.29, 0.717) is 5.88 Å². The first kappa shape index (κ1) is 11.1. The largest absolute Gasteiger partial charge is 0.481 e. The van der Waals surface area contributed by atoms with Gasteiger partial charge in [0, 0.05) is 11.1 Å². The van der Waals surface area contributed by atoms with Gasteiger partial charge in [-0.05, 0) is 34.5 Å². The van der Waals surface area contributed by atoms with Gasteiger partial charge in [-0.25, -0.2) is 4.98 Å². The maximum absolute atomic E-state index is 5.18. The molecule has 0 N–H and O–H groups in total. The molecule has 0 fully saturated rings. The molecule has 82 valence electrons. The van der Waals surface area contributed by atoms with E-state index in [0.717, 1.165) is 21.3 Å². The molecule has 16 heavy (non-hydrogen) atoms. The number of halogens is 1. The van der Waals surface area contributed by atoms with Crippen molar-refractivity contribution in [2.24, 2.45) is 0 Å². The molecule has 1 heterocycles. The van der Waals surface area contributed by atoms with E-state index in [2.05, 4.69) is 39.1 Å². The van der Waals surface area contributed by atoms with Gasteiger partial charge in [0.05, 0.1) is 7.11 Å². The normalized spacial score (nSPS) is 10.2. The average molecular weight is 278 g/mol. The standard InChI is InChI=1S/C13H12BrNO/c1-9-8-11(10-6-4-3-5-7-10)12(14)15-13(9)16-2/h3-8H,1-2H3. The van der Waals surface area contributed by atoms with E-state index in [1.165, 1.54) is 0 Å². The van der Waals surface area contributed by atoms with Crippen molar-refractivity contribution in [1.29, 1.82) is 0 Å². The summed E-state index contributed by atoms with van der Waals surface area (Å²) in [6.45, 7) is 1.99. The fourth-order valence-corrected chi connectivity index (χ4v) is 2.11. The molecule has 0 spiro atoms. The summed E-state index contributed by atoms with van der Waals surface area (Å²) < 4.78 is 5.98. The Kier molecular flexibility index (Phi) is 3.25. The highest BCUT2D eigenvalue weighted by Crippen LogP contribution is 2.30. The van der Waals surface area contributed by atoms with Crippen LogP contribution >= 0.6 is 15.9 Å². The maximum Gasteiger partial charge on any atom is 0.217 e. The molecule has 3 heteroatoms. The molecule has 2 rings (SSSR count). The lowest BCUT2D eigenvalue weighted by atomic mass is 10.1. The van der Waals surface area contributed by atoms with E-state index in [9.17, 15) is 0 Å². The van der Waals surface area contributed by atoms with E-state index in [-0.39, 0.29) is 0 Å². The van der Waals surface area contributed by atoms with Gasteiger partial charge in [0.15, 0.2) is 0 Å². The second-order valence-electron chi connectivity index (χ2n) is 3.52. The molecule has 0 atom stereocenters. The molecule has 2 aromatic rings. The van der Waals surface area contributed by atoms with Gasteiger partial charge in [-0.15, -0.1) is 0 Å². The Balaban J connectivity index is 2.55. The Morgan fingerprint density at radius 3 is 2.50 bits per heavy atom. The maximum atomic E-state index is 5.18. The second kappa shape index (κ2) is 4.66. The van der Waals surface area contributed by atoms with Gasteiger partial charge in [-0.3, -0.25) is 0 Å². The van der Waals surface area contributed by atoms with E-state index in [1.54, 1.807) is 7.11 Å². The Morgan fingerprint density at radius 2 is 1.88 bits per heavy atom. The lowest BCUT2D eigenvalue weighted by molar-refractivity contribution is 0.394. The topological polar surface area (TPSA) is 22.1 Å². The van der Waals surface area contributed by atoms with Crippen LogP contribution in [0.4, 0.5) is 0 Å². The van der Waals surface area contributed by atoms with Crippen LogP contribution in [0, 0.1) is 6.92 Å². The van der Waals surface area contributed by atoms with E-state index in [4.69, 9.17) is 4.74 Å². The summed E-state index contributed by atoms with van der Waals surface area (Å²) >= 11 is 3.47. The van der Waals surface area contributed by atoms with Crippen LogP contribution in [-0.4, -0.2) is 12.1 Å². The van der Waals surface area contributed by atoms with Crippen LogP contribution < -0.4 is 4.74 Å². The van der Waals surface area contributed by atoms with Crippen molar-refractivity contribution in [1.82, 2.24) is 4.98 Å². The SMILES string of the molecule is COc1nc(Br)c(-c2ccccc2)cc1C. The predicted octanol–water partition coefficient (Wildman–Crippen LogP) is 3.83. The molecule has 0 aliphatic heterocycles. The Bertz CT molecular complexity index is 497. The van der Waals surface area contributed by atoms with E-state index < -0.39 is 0 Å². The zero-order valence-corrected chi connectivity index (χ0v) is 10.8. The third kappa shape index (κ3) is 2.09. The van der Waals surface area contributed by atoms with Gasteiger partial charge in [0.2, 0.25) is 5.88 Å². The van der Waals surface area contributed by atoms with Crippen molar-refractivity contribution in [3.8, 4) is 17.0 Å². The number of aromatic nitrogens is 1. The van der Waals surface area contributed by atoms with Crippen LogP contribution in [0.25, 0.3) is 11.1 Å². The van der Waals surface area contributed by atoms with Gasteiger partial charge < -0.3 is 4.74 Å². The van der Waals surface area contributed by atoms with Gasteiger partial charge in [0.1, 0.15) is 4.60 Å². The van der Waals surface area contributed by atoms with Crippen LogP contribution in [0.3, 0.4) is 0 Å². The number of aryl methyl sites for hydroxylation is 1. The Morgan fingerprint density at radius 1 is 1.19 bits per heavy atom.